The summed E-state index contributed by atoms with van der Waals surface area (Å²) in [6, 6.07) is 11.1. The molecule has 0 unspecified atom stereocenters. The summed E-state index contributed by atoms with van der Waals surface area (Å²) in [7, 11) is 0. The fourth-order valence-corrected chi connectivity index (χ4v) is 2.54. The van der Waals surface area contributed by atoms with Crippen molar-refractivity contribution in [3.63, 3.8) is 0 Å². The van der Waals surface area contributed by atoms with Crippen LogP contribution >= 0.6 is 15.9 Å². The number of anilines is 1. The Kier molecular flexibility index (Phi) is 4.31. The number of rotatable bonds is 3. The molecule has 25 heavy (non-hydrogen) atoms. The number of benzene rings is 2. The summed E-state index contributed by atoms with van der Waals surface area (Å²) in [6.45, 7) is 3.08. The van der Waals surface area contributed by atoms with Crippen LogP contribution in [0.25, 0.3) is 22.6 Å². The summed E-state index contributed by atoms with van der Waals surface area (Å²) in [5.41, 5.74) is 0.866. The van der Waals surface area contributed by atoms with Crippen LogP contribution in [0.3, 0.4) is 0 Å². The van der Waals surface area contributed by atoms with Gasteiger partial charge in [-0.3, -0.25) is 4.79 Å². The van der Waals surface area contributed by atoms with Crippen molar-refractivity contribution in [2.45, 2.75) is 13.8 Å². The summed E-state index contributed by atoms with van der Waals surface area (Å²) in [5.74, 6) is -0.541. The highest BCUT2D eigenvalue weighted by Gasteiger charge is 2.27. The van der Waals surface area contributed by atoms with Gasteiger partial charge in [-0.25, -0.2) is 9.37 Å². The Morgan fingerprint density at radius 1 is 1.32 bits per heavy atom. The molecule has 0 fully saturated rings. The number of halogens is 2. The second-order valence-corrected chi connectivity index (χ2v) is 6.87. The van der Waals surface area contributed by atoms with E-state index in [2.05, 4.69) is 26.2 Å². The van der Waals surface area contributed by atoms with Crippen LogP contribution in [0, 0.1) is 22.6 Å². The number of fused-ring (bicyclic) bond motifs is 1. The number of nitrogens with zero attached hydrogens (tertiary/aromatic N) is 2. The van der Waals surface area contributed by atoms with Crippen LogP contribution in [0.15, 0.2) is 45.3 Å². The van der Waals surface area contributed by atoms with Gasteiger partial charge in [0.1, 0.15) is 16.7 Å². The SMILES string of the molecule is CC(C)(C#N)C(=O)Nc1ccc2oc(-c3cc(F)ccc3Br)nc2c1. The molecule has 0 aliphatic carbocycles. The van der Waals surface area contributed by atoms with Crippen molar-refractivity contribution in [3.8, 4) is 17.5 Å². The van der Waals surface area contributed by atoms with E-state index in [-0.39, 0.29) is 5.89 Å². The van der Waals surface area contributed by atoms with Crippen molar-refractivity contribution in [1.82, 2.24) is 4.98 Å². The summed E-state index contributed by atoms with van der Waals surface area (Å²) < 4.78 is 19.8. The summed E-state index contributed by atoms with van der Waals surface area (Å²) in [6.07, 6.45) is 0. The molecule has 1 heterocycles. The number of hydrogen-bond donors (Lipinski definition) is 1. The van der Waals surface area contributed by atoms with Crippen molar-refractivity contribution in [3.05, 3.63) is 46.7 Å². The largest absolute Gasteiger partial charge is 0.436 e. The minimum atomic E-state index is -1.14. The van der Waals surface area contributed by atoms with Gasteiger partial charge in [0.15, 0.2) is 5.58 Å². The fourth-order valence-electron chi connectivity index (χ4n) is 2.12. The van der Waals surface area contributed by atoms with Crippen LogP contribution in [0.1, 0.15) is 13.8 Å². The predicted octanol–water partition coefficient (Wildman–Crippen LogP) is 4.88. The van der Waals surface area contributed by atoms with Crippen LogP contribution in [0.2, 0.25) is 0 Å². The van der Waals surface area contributed by atoms with Crippen LogP contribution in [-0.2, 0) is 4.79 Å². The van der Waals surface area contributed by atoms with Gasteiger partial charge in [0.05, 0.1) is 11.6 Å². The lowest BCUT2D eigenvalue weighted by Crippen LogP contribution is -2.29. The molecular formula is C18H13BrFN3O2. The van der Waals surface area contributed by atoms with Crippen LogP contribution in [-0.4, -0.2) is 10.9 Å². The van der Waals surface area contributed by atoms with Crippen molar-refractivity contribution in [2.75, 3.05) is 5.32 Å². The van der Waals surface area contributed by atoms with Gasteiger partial charge in [0.2, 0.25) is 11.8 Å². The molecule has 0 aliphatic heterocycles. The summed E-state index contributed by atoms with van der Waals surface area (Å²) >= 11 is 3.35. The van der Waals surface area contributed by atoms with Gasteiger partial charge in [0, 0.05) is 10.2 Å². The van der Waals surface area contributed by atoms with E-state index in [4.69, 9.17) is 9.68 Å². The zero-order valence-electron chi connectivity index (χ0n) is 13.4. The number of nitriles is 1. The molecule has 0 bridgehead atoms. The molecule has 7 heteroatoms. The minimum absolute atomic E-state index is 0.266. The summed E-state index contributed by atoms with van der Waals surface area (Å²) in [4.78, 5) is 16.4. The number of amides is 1. The lowest BCUT2D eigenvalue weighted by molar-refractivity contribution is -0.121. The third-order valence-corrected chi connectivity index (χ3v) is 4.34. The monoisotopic (exact) mass is 401 g/mol. The molecule has 2 aromatic carbocycles. The summed E-state index contributed by atoms with van der Waals surface area (Å²) in [5, 5.41) is 11.7. The van der Waals surface area contributed by atoms with Gasteiger partial charge in [0.25, 0.3) is 0 Å². The topological polar surface area (TPSA) is 78.9 Å². The normalized spacial score (nSPS) is 11.3. The quantitative estimate of drug-likeness (QED) is 0.677. The Morgan fingerprint density at radius 3 is 2.80 bits per heavy atom. The lowest BCUT2D eigenvalue weighted by atomic mass is 9.94. The minimum Gasteiger partial charge on any atom is -0.436 e. The Hall–Kier alpha value is -2.72. The number of carbonyl (C=O) groups excluding carboxylic acids is 1. The number of nitrogens with one attached hydrogen (secondary N) is 1. The first-order valence-electron chi connectivity index (χ1n) is 7.39. The average Bonchev–Trinajstić information content (AvgIpc) is 3.00. The van der Waals surface area contributed by atoms with Crippen LogP contribution < -0.4 is 5.32 Å². The third-order valence-electron chi connectivity index (χ3n) is 3.65. The molecule has 0 saturated carbocycles. The van der Waals surface area contributed by atoms with E-state index in [1.165, 1.54) is 26.0 Å². The molecule has 0 atom stereocenters. The molecule has 0 saturated heterocycles. The van der Waals surface area contributed by atoms with Gasteiger partial charge >= 0.3 is 0 Å². The molecule has 0 radical (unpaired) electrons. The van der Waals surface area contributed by atoms with E-state index in [1.807, 2.05) is 6.07 Å². The molecule has 1 aromatic heterocycles. The standard InChI is InChI=1S/C18H13BrFN3O2/c1-18(2,9-21)17(24)22-11-4-6-15-14(8-11)23-16(25-15)12-7-10(20)3-5-13(12)19/h3-8H,1-2H3,(H,22,24). The first-order valence-corrected chi connectivity index (χ1v) is 8.18. The van der Waals surface area contributed by atoms with E-state index in [1.54, 1.807) is 24.3 Å². The van der Waals surface area contributed by atoms with Gasteiger partial charge in [-0.05, 0) is 66.2 Å². The molecule has 0 spiro atoms. The van der Waals surface area contributed by atoms with Gasteiger partial charge < -0.3 is 9.73 Å². The highest BCUT2D eigenvalue weighted by Crippen LogP contribution is 2.32. The molecule has 1 N–H and O–H groups in total. The molecule has 1 amide bonds. The third kappa shape index (κ3) is 3.39. The van der Waals surface area contributed by atoms with Crippen molar-refractivity contribution in [1.29, 1.82) is 5.26 Å². The number of aromatic nitrogens is 1. The van der Waals surface area contributed by atoms with Gasteiger partial charge in [-0.2, -0.15) is 5.26 Å². The fraction of sp³-hybridized carbons (Fsp3) is 0.167. The first-order chi connectivity index (χ1) is 11.8. The van der Waals surface area contributed by atoms with E-state index in [0.29, 0.717) is 26.8 Å². The average molecular weight is 402 g/mol. The van der Waals surface area contributed by atoms with E-state index >= 15 is 0 Å². The van der Waals surface area contributed by atoms with Crippen molar-refractivity contribution in [2.24, 2.45) is 5.41 Å². The predicted molar refractivity (Wildman–Crippen MR) is 95.1 cm³/mol. The maximum absolute atomic E-state index is 13.5. The molecule has 126 valence electrons. The van der Waals surface area contributed by atoms with E-state index < -0.39 is 17.1 Å². The second-order valence-electron chi connectivity index (χ2n) is 6.02. The molecule has 3 rings (SSSR count). The van der Waals surface area contributed by atoms with Crippen molar-refractivity contribution < 1.29 is 13.6 Å². The molecule has 0 aliphatic rings. The molecular weight excluding hydrogens is 389 g/mol. The first kappa shape index (κ1) is 17.1. The zero-order chi connectivity index (χ0) is 18.2. The molecule has 5 nitrogen and oxygen atoms in total. The molecule has 3 aromatic rings. The Balaban J connectivity index is 1.96. The zero-order valence-corrected chi connectivity index (χ0v) is 15.0. The lowest BCUT2D eigenvalue weighted by Gasteiger charge is -2.14. The Morgan fingerprint density at radius 2 is 2.08 bits per heavy atom. The van der Waals surface area contributed by atoms with Crippen LogP contribution in [0.4, 0.5) is 10.1 Å². The van der Waals surface area contributed by atoms with Gasteiger partial charge in [-0.15, -0.1) is 0 Å². The smallest absolute Gasteiger partial charge is 0.244 e. The Bertz CT molecular complexity index is 1020. The second kappa shape index (κ2) is 6.30. The maximum atomic E-state index is 13.5. The number of carbonyl (C=O) groups is 1. The highest BCUT2D eigenvalue weighted by atomic mass is 79.9. The van der Waals surface area contributed by atoms with Crippen molar-refractivity contribution >= 4 is 38.6 Å². The highest BCUT2D eigenvalue weighted by molar-refractivity contribution is 9.10. The van der Waals surface area contributed by atoms with Gasteiger partial charge in [-0.1, -0.05) is 0 Å². The number of hydrogen-bond acceptors (Lipinski definition) is 4. The van der Waals surface area contributed by atoms with E-state index in [0.717, 1.165) is 0 Å². The Labute approximate surface area is 151 Å². The maximum Gasteiger partial charge on any atom is 0.244 e. The number of oxazole rings is 1. The van der Waals surface area contributed by atoms with E-state index in [9.17, 15) is 9.18 Å². The van der Waals surface area contributed by atoms with Crippen LogP contribution in [0.5, 0.6) is 0 Å².